The zero-order valence-electron chi connectivity index (χ0n) is 10.7. The van der Waals surface area contributed by atoms with E-state index in [0.29, 0.717) is 4.58 Å². The molecule has 0 bridgehead atoms. The van der Waals surface area contributed by atoms with Crippen molar-refractivity contribution in [3.8, 4) is 0 Å². The Kier molecular flexibility index (Phi) is 4.62. The van der Waals surface area contributed by atoms with Gasteiger partial charge in [0.1, 0.15) is 0 Å². The second-order valence-corrected chi connectivity index (χ2v) is 8.28. The van der Waals surface area contributed by atoms with Crippen LogP contribution in [0.3, 0.4) is 0 Å². The Labute approximate surface area is 128 Å². The van der Waals surface area contributed by atoms with Crippen LogP contribution in [0.2, 0.25) is 0 Å². The molecule has 1 aliphatic heterocycles. The lowest BCUT2D eigenvalue weighted by atomic mass is 10.0. The summed E-state index contributed by atoms with van der Waals surface area (Å²) >= 11 is 10.7. The second kappa shape index (κ2) is 6.43. The second-order valence-electron chi connectivity index (χ2n) is 4.83. The molecule has 0 amide bonds. The molecule has 1 aliphatic rings. The Morgan fingerprint density at radius 1 is 1.05 bits per heavy atom. The maximum absolute atomic E-state index is 6.61. The third-order valence-corrected chi connectivity index (χ3v) is 6.85. The first-order chi connectivity index (χ1) is 9.33. The summed E-state index contributed by atoms with van der Waals surface area (Å²) in [6, 6.07) is 15.1. The Morgan fingerprint density at radius 2 is 1.79 bits per heavy atom. The standard InChI is InChI=1S/C16H17ClS2/c17-15(11-16-18-8-3-9-19-16)14-7-6-12-4-1-2-5-13(12)10-14/h1-2,4-7,10,15-16H,3,8-9,11H2. The highest BCUT2D eigenvalue weighted by Crippen LogP contribution is 2.39. The van der Waals surface area contributed by atoms with Crippen molar-refractivity contribution in [3.63, 3.8) is 0 Å². The minimum absolute atomic E-state index is 0.132. The van der Waals surface area contributed by atoms with Crippen LogP contribution in [0.1, 0.15) is 23.8 Å². The average molecular weight is 309 g/mol. The van der Waals surface area contributed by atoms with E-state index < -0.39 is 0 Å². The fourth-order valence-corrected chi connectivity index (χ4v) is 5.86. The fraction of sp³-hybridized carbons (Fsp3) is 0.375. The minimum atomic E-state index is 0.132. The van der Waals surface area contributed by atoms with Crippen LogP contribution in [0.5, 0.6) is 0 Å². The highest BCUT2D eigenvalue weighted by Gasteiger charge is 2.19. The molecule has 0 aliphatic carbocycles. The Morgan fingerprint density at radius 3 is 2.58 bits per heavy atom. The Bertz CT molecular complexity index is 549. The summed E-state index contributed by atoms with van der Waals surface area (Å²) < 4.78 is 0.669. The van der Waals surface area contributed by atoms with Gasteiger partial charge in [-0.05, 0) is 46.7 Å². The first kappa shape index (κ1) is 13.7. The lowest BCUT2D eigenvalue weighted by molar-refractivity contribution is 0.862. The maximum Gasteiger partial charge on any atom is 0.0604 e. The molecule has 3 rings (SSSR count). The number of hydrogen-bond donors (Lipinski definition) is 0. The molecular weight excluding hydrogens is 292 g/mol. The van der Waals surface area contributed by atoms with Crippen LogP contribution >= 0.6 is 35.1 Å². The van der Waals surface area contributed by atoms with Gasteiger partial charge in [-0.2, -0.15) is 0 Å². The maximum atomic E-state index is 6.61. The van der Waals surface area contributed by atoms with Gasteiger partial charge in [0, 0.05) is 0 Å². The van der Waals surface area contributed by atoms with Crippen LogP contribution < -0.4 is 0 Å². The molecular formula is C16H17ClS2. The van der Waals surface area contributed by atoms with Gasteiger partial charge in [-0.3, -0.25) is 0 Å². The van der Waals surface area contributed by atoms with E-state index in [2.05, 4.69) is 66.0 Å². The zero-order valence-corrected chi connectivity index (χ0v) is 13.1. The predicted octanol–water partition coefficient (Wildman–Crippen LogP) is 5.71. The van der Waals surface area contributed by atoms with Crippen LogP contribution in [0.25, 0.3) is 10.8 Å². The minimum Gasteiger partial charge on any atom is -0.148 e. The number of rotatable bonds is 3. The average Bonchev–Trinajstić information content (AvgIpc) is 2.48. The van der Waals surface area contributed by atoms with E-state index >= 15 is 0 Å². The third kappa shape index (κ3) is 3.42. The summed E-state index contributed by atoms with van der Waals surface area (Å²) in [7, 11) is 0. The molecule has 0 N–H and O–H groups in total. The van der Waals surface area contributed by atoms with Crippen LogP contribution in [-0.4, -0.2) is 16.1 Å². The number of thioether (sulfide) groups is 2. The number of fused-ring (bicyclic) bond motifs is 1. The summed E-state index contributed by atoms with van der Waals surface area (Å²) in [6.45, 7) is 0. The lowest BCUT2D eigenvalue weighted by Gasteiger charge is -2.23. The molecule has 1 fully saturated rings. The topological polar surface area (TPSA) is 0 Å². The van der Waals surface area contributed by atoms with Crippen LogP contribution in [0, 0.1) is 0 Å². The van der Waals surface area contributed by atoms with Gasteiger partial charge in [-0.15, -0.1) is 35.1 Å². The van der Waals surface area contributed by atoms with Gasteiger partial charge < -0.3 is 0 Å². The van der Waals surface area contributed by atoms with E-state index in [0.717, 1.165) is 6.42 Å². The van der Waals surface area contributed by atoms with Crippen LogP contribution in [0.4, 0.5) is 0 Å². The molecule has 0 aromatic heterocycles. The molecule has 0 saturated carbocycles. The monoisotopic (exact) mass is 308 g/mol. The zero-order chi connectivity index (χ0) is 13.1. The van der Waals surface area contributed by atoms with Crippen LogP contribution in [0.15, 0.2) is 42.5 Å². The summed E-state index contributed by atoms with van der Waals surface area (Å²) in [5, 5.41) is 2.71. The first-order valence-electron chi connectivity index (χ1n) is 6.69. The SMILES string of the molecule is ClC(CC1SCCCS1)c1ccc2ccccc2c1. The third-order valence-electron chi connectivity index (χ3n) is 3.43. The summed E-state index contributed by atoms with van der Waals surface area (Å²) in [6.07, 6.45) is 2.41. The van der Waals surface area contributed by atoms with Crippen molar-refractivity contribution >= 4 is 45.9 Å². The molecule has 1 unspecified atom stereocenters. The lowest BCUT2D eigenvalue weighted by Crippen LogP contribution is -2.09. The van der Waals surface area contributed by atoms with Crippen molar-refractivity contribution in [2.45, 2.75) is 22.8 Å². The summed E-state index contributed by atoms with van der Waals surface area (Å²) in [4.78, 5) is 0. The van der Waals surface area contributed by atoms with Crippen molar-refractivity contribution in [2.75, 3.05) is 11.5 Å². The number of benzene rings is 2. The largest absolute Gasteiger partial charge is 0.148 e. The molecule has 2 aromatic carbocycles. The van der Waals surface area contributed by atoms with E-state index in [4.69, 9.17) is 11.6 Å². The highest BCUT2D eigenvalue weighted by molar-refractivity contribution is 8.17. The Balaban J connectivity index is 1.75. The molecule has 0 radical (unpaired) electrons. The van der Waals surface area contributed by atoms with E-state index in [1.54, 1.807) is 0 Å². The van der Waals surface area contributed by atoms with Crippen molar-refractivity contribution in [2.24, 2.45) is 0 Å². The normalized spacial score (nSPS) is 18.6. The Hall–Kier alpha value is -0.310. The van der Waals surface area contributed by atoms with E-state index in [1.807, 2.05) is 0 Å². The molecule has 2 aromatic rings. The quantitative estimate of drug-likeness (QED) is 0.666. The van der Waals surface area contributed by atoms with Crippen molar-refractivity contribution in [1.82, 2.24) is 0 Å². The molecule has 0 spiro atoms. The molecule has 1 atom stereocenters. The van der Waals surface area contributed by atoms with Gasteiger partial charge in [-0.1, -0.05) is 36.4 Å². The van der Waals surface area contributed by atoms with Gasteiger partial charge in [0.25, 0.3) is 0 Å². The van der Waals surface area contributed by atoms with E-state index in [-0.39, 0.29) is 5.38 Å². The summed E-state index contributed by atoms with van der Waals surface area (Å²) in [5.41, 5.74) is 1.26. The molecule has 3 heteroatoms. The molecule has 1 heterocycles. The van der Waals surface area contributed by atoms with Gasteiger partial charge in [-0.25, -0.2) is 0 Å². The molecule has 100 valence electrons. The highest BCUT2D eigenvalue weighted by atomic mass is 35.5. The van der Waals surface area contributed by atoms with E-state index in [1.165, 1.54) is 34.3 Å². The molecule has 0 nitrogen and oxygen atoms in total. The first-order valence-corrected chi connectivity index (χ1v) is 9.22. The van der Waals surface area contributed by atoms with Gasteiger partial charge in [0.2, 0.25) is 0 Å². The van der Waals surface area contributed by atoms with Gasteiger partial charge in [0.15, 0.2) is 0 Å². The molecule has 19 heavy (non-hydrogen) atoms. The van der Waals surface area contributed by atoms with Crippen LogP contribution in [-0.2, 0) is 0 Å². The number of alkyl halides is 1. The van der Waals surface area contributed by atoms with E-state index in [9.17, 15) is 0 Å². The summed E-state index contributed by atoms with van der Waals surface area (Å²) in [5.74, 6) is 2.58. The van der Waals surface area contributed by atoms with Gasteiger partial charge >= 0.3 is 0 Å². The van der Waals surface area contributed by atoms with Crippen molar-refractivity contribution < 1.29 is 0 Å². The van der Waals surface area contributed by atoms with Crippen molar-refractivity contribution in [3.05, 3.63) is 48.0 Å². The van der Waals surface area contributed by atoms with Crippen molar-refractivity contribution in [1.29, 1.82) is 0 Å². The molecule has 1 saturated heterocycles. The predicted molar refractivity (Wildman–Crippen MR) is 90.5 cm³/mol. The fourth-order valence-electron chi connectivity index (χ4n) is 2.38. The number of halogens is 1. The smallest absolute Gasteiger partial charge is 0.0604 e. The number of hydrogen-bond acceptors (Lipinski definition) is 2. The van der Waals surface area contributed by atoms with Gasteiger partial charge in [0.05, 0.1) is 9.96 Å².